The number of carbonyl (C=O) groups is 1. The number of hydrogen-bond donors (Lipinski definition) is 3. The zero-order valence-electron chi connectivity index (χ0n) is 20.9. The molecule has 4 N–H and O–H groups in total. The summed E-state index contributed by atoms with van der Waals surface area (Å²) in [6, 6.07) is 6.47. The van der Waals surface area contributed by atoms with Crippen molar-refractivity contribution in [2.75, 3.05) is 5.32 Å². The van der Waals surface area contributed by atoms with Crippen LogP contribution in [0.4, 0.5) is 5.82 Å². The molecule has 200 valence electrons. The van der Waals surface area contributed by atoms with Crippen LogP contribution in [0.25, 0.3) is 11.2 Å². The van der Waals surface area contributed by atoms with Crippen LogP contribution in [0.1, 0.15) is 30.2 Å². The average molecular weight is 542 g/mol. The molecule has 1 aliphatic rings. The third-order valence-corrected chi connectivity index (χ3v) is 6.72. The summed E-state index contributed by atoms with van der Waals surface area (Å²) in [6.45, 7) is 4.45. The maximum absolute atomic E-state index is 12.1. The molecule has 0 radical (unpaired) electrons. The number of ether oxygens (including phenoxy) is 2. The number of aliphatic hydroxyl groups is 1. The highest BCUT2D eigenvalue weighted by Crippen LogP contribution is 2.26. The van der Waals surface area contributed by atoms with E-state index in [4.69, 9.17) is 31.3 Å². The minimum Gasteiger partial charge on any atom is -0.459 e. The predicted molar refractivity (Wildman–Crippen MR) is 138 cm³/mol. The van der Waals surface area contributed by atoms with Crippen LogP contribution in [-0.4, -0.2) is 59.9 Å². The maximum atomic E-state index is 12.1. The van der Waals surface area contributed by atoms with E-state index in [-0.39, 0.29) is 25.4 Å². The second-order valence-electron chi connectivity index (χ2n) is 9.12. The van der Waals surface area contributed by atoms with E-state index in [1.54, 1.807) is 30.0 Å². The van der Waals surface area contributed by atoms with E-state index in [0.29, 0.717) is 34.5 Å². The number of imidazole rings is 1. The number of aliphatic hydroxyl groups excluding tert-OH is 1. The molecule has 38 heavy (non-hydrogen) atoms. The summed E-state index contributed by atoms with van der Waals surface area (Å²) in [5, 5.41) is 18.3. The lowest BCUT2D eigenvalue weighted by atomic mass is 10.0. The molecule has 3 aromatic heterocycles. The normalized spacial score (nSPS) is 21.2. The number of hydrogen-bond acceptors (Lipinski definition) is 11. The summed E-state index contributed by atoms with van der Waals surface area (Å²) in [7, 11) is 0. The molecule has 1 aliphatic heterocycles. The molecule has 1 fully saturated rings. The molecular weight excluding hydrogens is 514 g/mol. The van der Waals surface area contributed by atoms with Crippen LogP contribution < -0.4 is 15.8 Å². The van der Waals surface area contributed by atoms with Crippen LogP contribution in [0.2, 0.25) is 5.02 Å². The van der Waals surface area contributed by atoms with Gasteiger partial charge in [-0.3, -0.25) is 4.79 Å². The molecule has 1 unspecified atom stereocenters. The van der Waals surface area contributed by atoms with Crippen LogP contribution in [0, 0.1) is 6.92 Å². The lowest BCUT2D eigenvalue weighted by molar-refractivity contribution is -0.130. The van der Waals surface area contributed by atoms with Gasteiger partial charge in [0, 0.05) is 24.1 Å². The molecule has 5 rings (SSSR count). The minimum absolute atomic E-state index is 0.134. The first-order chi connectivity index (χ1) is 18.3. The van der Waals surface area contributed by atoms with E-state index < -0.39 is 24.4 Å². The number of nitrogens with zero attached hydrogens (tertiary/aromatic N) is 5. The number of benzene rings is 1. The smallest absolute Gasteiger partial charge is 0.311 e. The molecule has 0 bridgehead atoms. The number of nitrogens with two attached hydrogens (primary N) is 1. The predicted octanol–water partition coefficient (Wildman–Crippen LogP) is 2.40. The van der Waals surface area contributed by atoms with Gasteiger partial charge in [-0.25, -0.2) is 15.0 Å². The fourth-order valence-corrected chi connectivity index (χ4v) is 4.60. The first kappa shape index (κ1) is 26.0. The number of fused-ring (bicyclic) bond motifs is 1. The van der Waals surface area contributed by atoms with E-state index >= 15 is 0 Å². The van der Waals surface area contributed by atoms with Crippen molar-refractivity contribution < 1.29 is 23.9 Å². The molecule has 4 aromatic rings. The van der Waals surface area contributed by atoms with E-state index in [1.165, 1.54) is 6.33 Å². The van der Waals surface area contributed by atoms with Gasteiger partial charge in [0.15, 0.2) is 17.2 Å². The topological polar surface area (TPSA) is 163 Å². The Balaban J connectivity index is 1.30. The summed E-state index contributed by atoms with van der Waals surface area (Å²) in [5.74, 6) is 0.724. The maximum Gasteiger partial charge on any atom is 0.311 e. The fourth-order valence-electron chi connectivity index (χ4n) is 4.40. The number of ketones is 1. The van der Waals surface area contributed by atoms with Crippen LogP contribution in [0.15, 0.2) is 41.4 Å². The van der Waals surface area contributed by atoms with Crippen molar-refractivity contribution in [3.05, 3.63) is 58.8 Å². The highest BCUT2D eigenvalue weighted by atomic mass is 35.5. The monoisotopic (exact) mass is 541 g/mol. The third-order valence-electron chi connectivity index (χ3n) is 6.48. The molecule has 13 heteroatoms. The number of rotatable bonds is 10. The van der Waals surface area contributed by atoms with Gasteiger partial charge >= 0.3 is 5.95 Å². The number of anilines is 1. The standard InChI is InChI=1S/C25H28ClN7O5/c1-3-17(34)23-20(27)22(35)18(37-23)9-33-12-31-21-24(29-11-30-25(21)33)28-8-15-7-16(26)5-4-14(15)10-36-19-6-13(2)32-38-19/h4-7,11-12,18,20,22-23,35H,3,8-10,27H2,1-2H3,(H,28,29,30)/t18-,20?,22+,23+/m0/s1. The van der Waals surface area contributed by atoms with Gasteiger partial charge in [-0.2, -0.15) is 0 Å². The number of aromatic nitrogens is 5. The molecule has 1 aromatic carbocycles. The Labute approximate surface area is 223 Å². The van der Waals surface area contributed by atoms with Crippen LogP contribution in [0.5, 0.6) is 5.95 Å². The van der Waals surface area contributed by atoms with Gasteiger partial charge in [-0.1, -0.05) is 29.7 Å². The number of aryl methyl sites for hydroxylation is 1. The van der Waals surface area contributed by atoms with Gasteiger partial charge in [0.2, 0.25) is 0 Å². The van der Waals surface area contributed by atoms with Crippen LogP contribution in [-0.2, 0) is 29.2 Å². The van der Waals surface area contributed by atoms with E-state index in [9.17, 15) is 9.90 Å². The van der Waals surface area contributed by atoms with E-state index in [2.05, 4.69) is 25.4 Å². The number of nitrogens with one attached hydrogen (secondary N) is 1. The fraction of sp³-hybridized carbons (Fsp3) is 0.400. The Kier molecular flexibility index (Phi) is 7.56. The number of halogens is 1. The lowest BCUT2D eigenvalue weighted by Crippen LogP contribution is -2.43. The molecule has 0 saturated carbocycles. The molecule has 0 amide bonds. The second kappa shape index (κ2) is 11.0. The van der Waals surface area contributed by atoms with Crippen molar-refractivity contribution >= 4 is 34.4 Å². The Hall–Kier alpha value is -3.58. The Bertz CT molecular complexity index is 1440. The highest BCUT2D eigenvalue weighted by molar-refractivity contribution is 6.30. The number of carbonyl (C=O) groups excluding carboxylic acids is 1. The molecule has 12 nitrogen and oxygen atoms in total. The molecule has 1 saturated heterocycles. The summed E-state index contributed by atoms with van der Waals surface area (Å²) in [6.07, 6.45) is 0.824. The molecule has 0 aliphatic carbocycles. The zero-order valence-corrected chi connectivity index (χ0v) is 21.6. The number of Topliss-reactive ketones (excluding diaryl/α,β-unsaturated/α-hetero) is 1. The summed E-state index contributed by atoms with van der Waals surface area (Å²) >= 11 is 6.26. The second-order valence-corrected chi connectivity index (χ2v) is 9.55. The van der Waals surface area contributed by atoms with Gasteiger partial charge in [-0.05, 0) is 30.2 Å². The van der Waals surface area contributed by atoms with Gasteiger partial charge in [0.1, 0.15) is 30.7 Å². The lowest BCUT2D eigenvalue weighted by Gasteiger charge is -2.15. The summed E-state index contributed by atoms with van der Waals surface area (Å²) in [4.78, 5) is 25.3. The summed E-state index contributed by atoms with van der Waals surface area (Å²) in [5.41, 5.74) is 9.69. The van der Waals surface area contributed by atoms with E-state index in [1.807, 2.05) is 19.1 Å². The molecular formula is C25H28ClN7O5. The Morgan fingerprint density at radius 1 is 1.26 bits per heavy atom. The largest absolute Gasteiger partial charge is 0.459 e. The minimum atomic E-state index is -0.989. The Morgan fingerprint density at radius 3 is 2.87 bits per heavy atom. The third kappa shape index (κ3) is 5.34. The first-order valence-corrected chi connectivity index (χ1v) is 12.6. The van der Waals surface area contributed by atoms with Gasteiger partial charge < -0.3 is 34.7 Å². The highest BCUT2D eigenvalue weighted by Gasteiger charge is 2.44. The van der Waals surface area contributed by atoms with Crippen molar-refractivity contribution in [2.24, 2.45) is 5.73 Å². The van der Waals surface area contributed by atoms with Crippen molar-refractivity contribution in [3.63, 3.8) is 0 Å². The van der Waals surface area contributed by atoms with E-state index in [0.717, 1.165) is 16.8 Å². The van der Waals surface area contributed by atoms with Crippen molar-refractivity contribution in [1.29, 1.82) is 0 Å². The SMILES string of the molecule is CCC(=O)[C@H]1O[C@@H](Cn2cnc3c(NCc4cc(Cl)ccc4COc4cc(C)no4)ncnc32)[C@@H](O)C1N. The van der Waals surface area contributed by atoms with Crippen molar-refractivity contribution in [1.82, 2.24) is 24.7 Å². The quantitative estimate of drug-likeness (QED) is 0.270. The van der Waals surface area contributed by atoms with Crippen molar-refractivity contribution in [3.8, 4) is 5.95 Å². The van der Waals surface area contributed by atoms with Crippen molar-refractivity contribution in [2.45, 2.75) is 64.3 Å². The average Bonchev–Trinajstić information content (AvgIpc) is 3.60. The molecule has 4 heterocycles. The molecule has 4 atom stereocenters. The summed E-state index contributed by atoms with van der Waals surface area (Å²) < 4.78 is 18.4. The first-order valence-electron chi connectivity index (χ1n) is 12.2. The molecule has 0 spiro atoms. The Morgan fingerprint density at radius 2 is 2.11 bits per heavy atom. The van der Waals surface area contributed by atoms with Gasteiger partial charge in [-0.15, -0.1) is 0 Å². The van der Waals surface area contributed by atoms with Gasteiger partial charge in [0.05, 0.1) is 30.7 Å². The van der Waals surface area contributed by atoms with Crippen LogP contribution >= 0.6 is 11.6 Å². The van der Waals surface area contributed by atoms with Gasteiger partial charge in [0.25, 0.3) is 0 Å². The van der Waals surface area contributed by atoms with Crippen LogP contribution in [0.3, 0.4) is 0 Å². The zero-order chi connectivity index (χ0) is 26.8.